The van der Waals surface area contributed by atoms with Crippen LogP contribution >= 0.6 is 11.8 Å². The minimum atomic E-state index is 0.535. The van der Waals surface area contributed by atoms with Crippen molar-refractivity contribution in [1.29, 1.82) is 0 Å². The SMILES string of the molecule is CSC1(CNC(C)C2CCCN(C)C2)CCCCC1. The predicted octanol–water partition coefficient (Wildman–Crippen LogP) is 3.37. The Balaban J connectivity index is 1.79. The van der Waals surface area contributed by atoms with Crippen LogP contribution in [0.3, 0.4) is 0 Å². The maximum atomic E-state index is 3.89. The summed E-state index contributed by atoms with van der Waals surface area (Å²) in [6.45, 7) is 6.19. The number of likely N-dealkylation sites (tertiary alicyclic amines) is 1. The van der Waals surface area contributed by atoms with Gasteiger partial charge in [0.15, 0.2) is 0 Å². The summed E-state index contributed by atoms with van der Waals surface area (Å²) in [5, 5.41) is 3.89. The zero-order valence-electron chi connectivity index (χ0n) is 13.1. The van der Waals surface area contributed by atoms with E-state index in [4.69, 9.17) is 0 Å². The summed E-state index contributed by atoms with van der Waals surface area (Å²) in [5.74, 6) is 0.848. The van der Waals surface area contributed by atoms with Gasteiger partial charge in [0, 0.05) is 23.9 Å². The average Bonchev–Trinajstić information content (AvgIpc) is 2.46. The van der Waals surface area contributed by atoms with E-state index in [9.17, 15) is 0 Å². The van der Waals surface area contributed by atoms with Crippen LogP contribution in [0.5, 0.6) is 0 Å². The van der Waals surface area contributed by atoms with Gasteiger partial charge in [0.1, 0.15) is 0 Å². The zero-order valence-corrected chi connectivity index (χ0v) is 13.9. The van der Waals surface area contributed by atoms with E-state index in [2.05, 4.69) is 42.2 Å². The third kappa shape index (κ3) is 4.37. The molecule has 19 heavy (non-hydrogen) atoms. The molecule has 0 aromatic carbocycles. The molecule has 2 rings (SSSR count). The third-order valence-corrected chi connectivity index (χ3v) is 6.73. The van der Waals surface area contributed by atoms with Crippen LogP contribution in [-0.4, -0.2) is 48.6 Å². The highest BCUT2D eigenvalue weighted by molar-refractivity contribution is 8.00. The molecule has 0 spiro atoms. The van der Waals surface area contributed by atoms with Crippen LogP contribution in [0.25, 0.3) is 0 Å². The fourth-order valence-electron chi connectivity index (χ4n) is 3.78. The van der Waals surface area contributed by atoms with Gasteiger partial charge in [0.25, 0.3) is 0 Å². The van der Waals surface area contributed by atoms with Crippen molar-refractivity contribution >= 4 is 11.8 Å². The van der Waals surface area contributed by atoms with E-state index >= 15 is 0 Å². The van der Waals surface area contributed by atoms with Crippen molar-refractivity contribution in [3.63, 3.8) is 0 Å². The molecule has 2 aliphatic rings. The van der Waals surface area contributed by atoms with Crippen LogP contribution in [0.4, 0.5) is 0 Å². The van der Waals surface area contributed by atoms with Crippen molar-refractivity contribution in [3.8, 4) is 0 Å². The van der Waals surface area contributed by atoms with E-state index in [1.807, 2.05) is 0 Å². The van der Waals surface area contributed by atoms with Crippen LogP contribution in [0.1, 0.15) is 51.9 Å². The van der Waals surface area contributed by atoms with Gasteiger partial charge in [-0.15, -0.1) is 0 Å². The monoisotopic (exact) mass is 284 g/mol. The lowest BCUT2D eigenvalue weighted by Crippen LogP contribution is -2.48. The Morgan fingerprint density at radius 3 is 2.63 bits per heavy atom. The second-order valence-corrected chi connectivity index (χ2v) is 8.06. The number of nitrogens with one attached hydrogen (secondary N) is 1. The standard InChI is InChI=1S/C16H32N2S/c1-14(15-8-7-11-18(2)12-15)17-13-16(19-3)9-5-4-6-10-16/h14-15,17H,4-13H2,1-3H3. The summed E-state index contributed by atoms with van der Waals surface area (Å²) in [6, 6.07) is 0.675. The van der Waals surface area contributed by atoms with E-state index in [1.54, 1.807) is 0 Å². The number of thioether (sulfide) groups is 1. The van der Waals surface area contributed by atoms with Gasteiger partial charge in [-0.2, -0.15) is 11.8 Å². The van der Waals surface area contributed by atoms with E-state index in [-0.39, 0.29) is 0 Å². The molecular weight excluding hydrogens is 252 g/mol. The molecule has 1 aliphatic carbocycles. The highest BCUT2D eigenvalue weighted by Gasteiger charge is 2.32. The van der Waals surface area contributed by atoms with E-state index in [0.29, 0.717) is 10.8 Å². The maximum Gasteiger partial charge on any atom is 0.0281 e. The van der Waals surface area contributed by atoms with Gasteiger partial charge in [-0.05, 0) is 58.4 Å². The Hall–Kier alpha value is 0.270. The van der Waals surface area contributed by atoms with Crippen molar-refractivity contribution in [2.45, 2.75) is 62.7 Å². The third-order valence-electron chi connectivity index (χ3n) is 5.31. The van der Waals surface area contributed by atoms with Crippen LogP contribution in [-0.2, 0) is 0 Å². The van der Waals surface area contributed by atoms with Crippen molar-refractivity contribution < 1.29 is 0 Å². The predicted molar refractivity (Wildman–Crippen MR) is 87.0 cm³/mol. The van der Waals surface area contributed by atoms with Crippen molar-refractivity contribution in [2.75, 3.05) is 32.9 Å². The Bertz CT molecular complexity index is 263. The first kappa shape index (κ1) is 15.7. The van der Waals surface area contributed by atoms with Gasteiger partial charge in [-0.1, -0.05) is 19.3 Å². The highest BCUT2D eigenvalue weighted by Crippen LogP contribution is 2.38. The normalized spacial score (nSPS) is 30.2. The van der Waals surface area contributed by atoms with Crippen molar-refractivity contribution in [1.82, 2.24) is 10.2 Å². The molecule has 0 bridgehead atoms. The molecule has 2 nitrogen and oxygen atoms in total. The number of rotatable bonds is 5. The summed E-state index contributed by atoms with van der Waals surface area (Å²) in [4.78, 5) is 2.50. The Labute approximate surface area is 124 Å². The first-order chi connectivity index (χ1) is 9.15. The van der Waals surface area contributed by atoms with Gasteiger partial charge < -0.3 is 10.2 Å². The molecule has 1 N–H and O–H groups in total. The number of nitrogens with zero attached hydrogens (tertiary/aromatic N) is 1. The molecule has 3 heteroatoms. The summed E-state index contributed by atoms with van der Waals surface area (Å²) in [6.07, 6.45) is 12.2. The van der Waals surface area contributed by atoms with Crippen LogP contribution < -0.4 is 5.32 Å². The summed E-state index contributed by atoms with van der Waals surface area (Å²) < 4.78 is 0.535. The number of piperidine rings is 1. The van der Waals surface area contributed by atoms with Crippen LogP contribution in [0, 0.1) is 5.92 Å². The van der Waals surface area contributed by atoms with Gasteiger partial charge in [0.05, 0.1) is 0 Å². The zero-order chi connectivity index (χ0) is 13.7. The molecule has 0 aromatic rings. The molecule has 1 saturated heterocycles. The second kappa shape index (κ2) is 7.33. The molecule has 1 saturated carbocycles. The van der Waals surface area contributed by atoms with Gasteiger partial charge in [0.2, 0.25) is 0 Å². The fraction of sp³-hybridized carbons (Fsp3) is 1.00. The topological polar surface area (TPSA) is 15.3 Å². The lowest BCUT2D eigenvalue weighted by Gasteiger charge is -2.39. The van der Waals surface area contributed by atoms with E-state index < -0.39 is 0 Å². The summed E-state index contributed by atoms with van der Waals surface area (Å²) in [7, 11) is 2.27. The molecule has 0 radical (unpaired) electrons. The lowest BCUT2D eigenvalue weighted by molar-refractivity contribution is 0.176. The van der Waals surface area contributed by atoms with Crippen molar-refractivity contribution in [2.24, 2.45) is 5.92 Å². The minimum Gasteiger partial charge on any atom is -0.313 e. The molecule has 112 valence electrons. The van der Waals surface area contributed by atoms with E-state index in [0.717, 1.165) is 5.92 Å². The molecule has 0 amide bonds. The van der Waals surface area contributed by atoms with Crippen molar-refractivity contribution in [3.05, 3.63) is 0 Å². The molecule has 1 aliphatic heterocycles. The maximum absolute atomic E-state index is 3.89. The Morgan fingerprint density at radius 1 is 1.26 bits per heavy atom. The Morgan fingerprint density at radius 2 is 2.00 bits per heavy atom. The largest absolute Gasteiger partial charge is 0.313 e. The molecule has 2 fully saturated rings. The smallest absolute Gasteiger partial charge is 0.0281 e. The average molecular weight is 285 g/mol. The lowest BCUT2D eigenvalue weighted by atomic mass is 9.87. The molecule has 2 atom stereocenters. The fourth-order valence-corrected chi connectivity index (χ4v) is 4.70. The molecule has 1 heterocycles. The second-order valence-electron chi connectivity index (χ2n) is 6.78. The number of hydrogen-bond donors (Lipinski definition) is 1. The molecular formula is C16H32N2S. The minimum absolute atomic E-state index is 0.535. The highest BCUT2D eigenvalue weighted by atomic mass is 32.2. The first-order valence-electron chi connectivity index (χ1n) is 8.12. The first-order valence-corrected chi connectivity index (χ1v) is 9.35. The van der Waals surface area contributed by atoms with Gasteiger partial charge in [-0.25, -0.2) is 0 Å². The van der Waals surface area contributed by atoms with Gasteiger partial charge in [-0.3, -0.25) is 0 Å². The Kier molecular flexibility index (Phi) is 6.04. The van der Waals surface area contributed by atoms with Crippen LogP contribution in [0.2, 0.25) is 0 Å². The quantitative estimate of drug-likeness (QED) is 0.833. The summed E-state index contributed by atoms with van der Waals surface area (Å²) in [5.41, 5.74) is 0. The van der Waals surface area contributed by atoms with Gasteiger partial charge >= 0.3 is 0 Å². The number of hydrogen-bond acceptors (Lipinski definition) is 3. The molecule has 2 unspecified atom stereocenters. The molecule has 0 aromatic heterocycles. The summed E-state index contributed by atoms with van der Waals surface area (Å²) >= 11 is 2.11. The van der Waals surface area contributed by atoms with E-state index in [1.165, 1.54) is 64.6 Å². The van der Waals surface area contributed by atoms with Crippen LogP contribution in [0.15, 0.2) is 0 Å².